The van der Waals surface area contributed by atoms with E-state index < -0.39 is 10.0 Å². The number of carbonyl (C=O) groups excluding carboxylic acids is 1. The van der Waals surface area contributed by atoms with Crippen LogP contribution in [0.2, 0.25) is 0 Å². The van der Waals surface area contributed by atoms with Crippen molar-refractivity contribution < 1.29 is 13.2 Å². The lowest BCUT2D eigenvalue weighted by atomic mass is 10.2. The highest BCUT2D eigenvalue weighted by Crippen LogP contribution is 2.31. The number of hydrogen-bond acceptors (Lipinski definition) is 5. The van der Waals surface area contributed by atoms with Crippen molar-refractivity contribution in [3.05, 3.63) is 33.1 Å². The first-order valence-corrected chi connectivity index (χ1v) is 10.9. The molecule has 25 heavy (non-hydrogen) atoms. The molecule has 136 valence electrons. The third kappa shape index (κ3) is 3.67. The van der Waals surface area contributed by atoms with Crippen LogP contribution in [0.1, 0.15) is 30.6 Å². The fourth-order valence-corrected chi connectivity index (χ4v) is 6.31. The SMILES string of the molecule is CCC(=O)NCc1nc2c(n1C)CN(S(=O)(=O)c1ccc(Br)s1)CC2. The monoisotopic (exact) mass is 446 g/mol. The summed E-state index contributed by atoms with van der Waals surface area (Å²) in [6, 6.07) is 3.36. The molecular formula is C15H19BrN4O3S2. The number of nitrogens with one attached hydrogen (secondary N) is 1. The normalized spacial score (nSPS) is 15.2. The van der Waals surface area contributed by atoms with Gasteiger partial charge in [-0.25, -0.2) is 13.4 Å². The van der Waals surface area contributed by atoms with Crippen molar-refractivity contribution in [2.45, 2.75) is 37.1 Å². The number of thiophene rings is 1. The third-order valence-corrected chi connectivity index (χ3v) is 8.16. The zero-order valence-electron chi connectivity index (χ0n) is 14.0. The van der Waals surface area contributed by atoms with Crippen LogP contribution >= 0.6 is 27.3 Å². The van der Waals surface area contributed by atoms with Gasteiger partial charge in [0.1, 0.15) is 10.0 Å². The van der Waals surface area contributed by atoms with Crippen LogP contribution in [0.25, 0.3) is 0 Å². The van der Waals surface area contributed by atoms with Gasteiger partial charge in [0.25, 0.3) is 10.0 Å². The molecule has 10 heteroatoms. The molecule has 0 radical (unpaired) electrons. The van der Waals surface area contributed by atoms with Crippen molar-refractivity contribution in [3.8, 4) is 0 Å². The van der Waals surface area contributed by atoms with Crippen molar-refractivity contribution in [1.29, 1.82) is 0 Å². The van der Waals surface area contributed by atoms with Crippen LogP contribution in [0.5, 0.6) is 0 Å². The average Bonchev–Trinajstić information content (AvgIpc) is 3.17. The quantitative estimate of drug-likeness (QED) is 0.760. The van der Waals surface area contributed by atoms with Gasteiger partial charge in [-0.1, -0.05) is 6.92 Å². The van der Waals surface area contributed by atoms with E-state index in [2.05, 4.69) is 26.2 Å². The van der Waals surface area contributed by atoms with E-state index in [9.17, 15) is 13.2 Å². The Balaban J connectivity index is 1.81. The molecule has 0 aromatic carbocycles. The molecule has 2 aromatic heterocycles. The molecule has 7 nitrogen and oxygen atoms in total. The molecule has 0 bridgehead atoms. The molecule has 1 N–H and O–H groups in total. The molecule has 3 heterocycles. The van der Waals surface area contributed by atoms with Crippen LogP contribution in [-0.2, 0) is 41.4 Å². The maximum absolute atomic E-state index is 12.8. The first kappa shape index (κ1) is 18.6. The Labute approximate surface area is 159 Å². The first-order valence-electron chi connectivity index (χ1n) is 7.88. The Kier molecular flexibility index (Phi) is 5.33. The zero-order chi connectivity index (χ0) is 18.2. The molecule has 0 fully saturated rings. The van der Waals surface area contributed by atoms with E-state index in [1.165, 1.54) is 15.6 Å². The Morgan fingerprint density at radius 3 is 2.84 bits per heavy atom. The fourth-order valence-electron chi connectivity index (χ4n) is 2.75. The van der Waals surface area contributed by atoms with E-state index in [1.807, 2.05) is 11.6 Å². The van der Waals surface area contributed by atoms with Gasteiger partial charge in [-0.05, 0) is 28.1 Å². The molecule has 1 amide bonds. The van der Waals surface area contributed by atoms with Crippen LogP contribution < -0.4 is 5.32 Å². The number of rotatable bonds is 5. The van der Waals surface area contributed by atoms with Gasteiger partial charge in [-0.2, -0.15) is 4.31 Å². The van der Waals surface area contributed by atoms with Gasteiger partial charge >= 0.3 is 0 Å². The number of carbonyl (C=O) groups is 1. The van der Waals surface area contributed by atoms with Gasteiger partial charge in [-0.3, -0.25) is 4.79 Å². The van der Waals surface area contributed by atoms with Gasteiger partial charge in [0.2, 0.25) is 5.91 Å². The van der Waals surface area contributed by atoms with E-state index in [1.54, 1.807) is 19.1 Å². The number of halogens is 1. The van der Waals surface area contributed by atoms with Crippen LogP contribution in [0, 0.1) is 0 Å². The largest absolute Gasteiger partial charge is 0.349 e. The van der Waals surface area contributed by atoms with E-state index in [0.717, 1.165) is 21.0 Å². The highest BCUT2D eigenvalue weighted by molar-refractivity contribution is 9.11. The van der Waals surface area contributed by atoms with Gasteiger partial charge in [0.05, 0.1) is 28.3 Å². The predicted molar refractivity (Wildman–Crippen MR) is 98.7 cm³/mol. The highest BCUT2D eigenvalue weighted by atomic mass is 79.9. The molecule has 2 aromatic rings. The number of sulfonamides is 1. The van der Waals surface area contributed by atoms with Crippen LogP contribution in [0.3, 0.4) is 0 Å². The summed E-state index contributed by atoms with van der Waals surface area (Å²) < 4.78 is 30.1. The zero-order valence-corrected chi connectivity index (χ0v) is 17.2. The Bertz CT molecular complexity index is 904. The molecule has 0 atom stereocenters. The fraction of sp³-hybridized carbons (Fsp3) is 0.467. The van der Waals surface area contributed by atoms with Crippen molar-refractivity contribution in [1.82, 2.24) is 19.2 Å². The first-order chi connectivity index (χ1) is 11.8. The summed E-state index contributed by atoms with van der Waals surface area (Å²) in [4.78, 5) is 16.0. The summed E-state index contributed by atoms with van der Waals surface area (Å²) in [6.45, 7) is 2.84. The molecule has 1 aliphatic heterocycles. The second-order valence-electron chi connectivity index (χ2n) is 5.76. The summed E-state index contributed by atoms with van der Waals surface area (Å²) in [5, 5.41) is 2.81. The molecular weight excluding hydrogens is 428 g/mol. The molecule has 0 aliphatic carbocycles. The molecule has 3 rings (SSSR count). The number of hydrogen-bond donors (Lipinski definition) is 1. The second-order valence-corrected chi connectivity index (χ2v) is 10.4. The topological polar surface area (TPSA) is 84.3 Å². The molecule has 0 spiro atoms. The highest BCUT2D eigenvalue weighted by Gasteiger charge is 2.32. The van der Waals surface area contributed by atoms with Gasteiger partial charge in [0.15, 0.2) is 0 Å². The Hall–Kier alpha value is -1.23. The minimum absolute atomic E-state index is 0.0338. The third-order valence-electron chi connectivity index (χ3n) is 4.22. The van der Waals surface area contributed by atoms with Crippen molar-refractivity contribution >= 4 is 43.2 Å². The summed E-state index contributed by atoms with van der Waals surface area (Å²) in [5.41, 5.74) is 1.79. The van der Waals surface area contributed by atoms with Crippen LogP contribution in [0.4, 0.5) is 0 Å². The van der Waals surface area contributed by atoms with E-state index in [4.69, 9.17) is 0 Å². The summed E-state index contributed by atoms with van der Waals surface area (Å²) in [5.74, 6) is 0.707. The minimum Gasteiger partial charge on any atom is -0.349 e. The maximum atomic E-state index is 12.8. The van der Waals surface area contributed by atoms with Crippen LogP contribution in [-0.4, -0.2) is 34.7 Å². The molecule has 1 aliphatic rings. The van der Waals surface area contributed by atoms with Gasteiger partial charge in [-0.15, -0.1) is 11.3 Å². The van der Waals surface area contributed by atoms with E-state index in [-0.39, 0.29) is 5.91 Å². The lowest BCUT2D eigenvalue weighted by Crippen LogP contribution is -2.36. The standard InChI is InChI=1S/C15H19BrN4O3S2/c1-3-14(21)17-8-13-18-10-6-7-20(9-11(10)19(13)2)25(22,23)15-5-4-12(16)24-15/h4-5H,3,6-9H2,1-2H3,(H,17,21). The number of amides is 1. The van der Waals surface area contributed by atoms with Crippen molar-refractivity contribution in [2.75, 3.05) is 6.54 Å². The Morgan fingerprint density at radius 1 is 1.44 bits per heavy atom. The molecule has 0 saturated heterocycles. The minimum atomic E-state index is -3.51. The number of fused-ring (bicyclic) bond motifs is 1. The summed E-state index contributed by atoms with van der Waals surface area (Å²) in [7, 11) is -1.65. The summed E-state index contributed by atoms with van der Waals surface area (Å²) >= 11 is 4.52. The number of imidazole rings is 1. The van der Waals surface area contributed by atoms with Crippen molar-refractivity contribution in [2.24, 2.45) is 7.05 Å². The number of aromatic nitrogens is 2. The lowest BCUT2D eigenvalue weighted by Gasteiger charge is -2.25. The van der Waals surface area contributed by atoms with Gasteiger partial charge < -0.3 is 9.88 Å². The summed E-state index contributed by atoms with van der Waals surface area (Å²) in [6.07, 6.45) is 0.989. The van der Waals surface area contributed by atoms with Crippen LogP contribution in [0.15, 0.2) is 20.1 Å². The molecule has 0 unspecified atom stereocenters. The van der Waals surface area contributed by atoms with Gasteiger partial charge in [0, 0.05) is 26.4 Å². The second kappa shape index (κ2) is 7.18. The average molecular weight is 447 g/mol. The molecule has 0 saturated carbocycles. The predicted octanol–water partition coefficient (Wildman–Crippen LogP) is 2.02. The van der Waals surface area contributed by atoms with E-state index in [0.29, 0.717) is 36.7 Å². The smallest absolute Gasteiger partial charge is 0.252 e. The lowest BCUT2D eigenvalue weighted by molar-refractivity contribution is -0.120. The number of nitrogens with zero attached hydrogens (tertiary/aromatic N) is 3. The van der Waals surface area contributed by atoms with Crippen molar-refractivity contribution in [3.63, 3.8) is 0 Å². The maximum Gasteiger partial charge on any atom is 0.252 e. The van der Waals surface area contributed by atoms with E-state index >= 15 is 0 Å². The Morgan fingerprint density at radius 2 is 2.20 bits per heavy atom.